The molecule has 0 aliphatic carbocycles. The van der Waals surface area contributed by atoms with E-state index in [4.69, 9.17) is 11.6 Å². The van der Waals surface area contributed by atoms with E-state index in [2.05, 4.69) is 31.7 Å². The van der Waals surface area contributed by atoms with Gasteiger partial charge >= 0.3 is 0 Å². The molecule has 1 unspecified atom stereocenters. The molecule has 3 N–H and O–H groups in total. The number of hydrogen-bond donors (Lipinski definition) is 3. The predicted molar refractivity (Wildman–Crippen MR) is 119 cm³/mol. The zero-order valence-corrected chi connectivity index (χ0v) is 17.6. The summed E-state index contributed by atoms with van der Waals surface area (Å²) < 4.78 is 0.821. The predicted octanol–water partition coefficient (Wildman–Crippen LogP) is 3.94. The molecule has 0 fully saturated rings. The van der Waals surface area contributed by atoms with Crippen molar-refractivity contribution in [2.24, 2.45) is 4.99 Å². The van der Waals surface area contributed by atoms with Gasteiger partial charge in [-0.15, -0.1) is 23.7 Å². The summed E-state index contributed by atoms with van der Waals surface area (Å²) >= 11 is 7.74. The first-order valence-electron chi connectivity index (χ1n) is 8.39. The van der Waals surface area contributed by atoms with Crippen LogP contribution in [0.25, 0.3) is 20.8 Å². The number of rotatable bonds is 3. The van der Waals surface area contributed by atoms with Crippen molar-refractivity contribution in [1.29, 1.82) is 5.26 Å². The van der Waals surface area contributed by atoms with E-state index in [1.54, 1.807) is 49.7 Å². The molecule has 0 radical (unpaired) electrons. The van der Waals surface area contributed by atoms with Crippen molar-refractivity contribution in [2.45, 2.75) is 12.6 Å². The Hall–Kier alpha value is -2.70. The Kier molecular flexibility index (Phi) is 6.05. The third kappa shape index (κ3) is 4.04. The lowest BCUT2D eigenvalue weighted by Crippen LogP contribution is -2.44. The van der Waals surface area contributed by atoms with E-state index in [9.17, 15) is 10.4 Å². The van der Waals surface area contributed by atoms with Crippen LogP contribution < -0.4 is 10.6 Å². The number of amidine groups is 1. The van der Waals surface area contributed by atoms with E-state index in [1.807, 2.05) is 0 Å². The molecule has 0 amide bonds. The number of fused-ring (bicyclic) bond motifs is 1. The number of anilines is 1. The van der Waals surface area contributed by atoms with Crippen LogP contribution in [0.4, 0.5) is 5.82 Å². The highest BCUT2D eigenvalue weighted by atomic mass is 35.5. The van der Waals surface area contributed by atoms with Gasteiger partial charge in [0, 0.05) is 18.0 Å². The van der Waals surface area contributed by atoms with Crippen molar-refractivity contribution in [3.8, 4) is 16.6 Å². The Morgan fingerprint density at radius 1 is 1.38 bits per heavy atom. The number of aliphatic hydroxyl groups is 1. The lowest BCUT2D eigenvalue weighted by atomic mass is 10.1. The summed E-state index contributed by atoms with van der Waals surface area (Å²) in [5.41, 5.74) is 1.04. The highest BCUT2D eigenvalue weighted by molar-refractivity contribution is 7.22. The van der Waals surface area contributed by atoms with Crippen LogP contribution in [-0.2, 0) is 0 Å². The number of nitriles is 1. The second-order valence-corrected chi connectivity index (χ2v) is 7.74. The molecule has 0 spiro atoms. The molecular weight excluding hydrogens is 431 g/mol. The van der Waals surface area contributed by atoms with Crippen molar-refractivity contribution in [1.82, 2.24) is 15.3 Å². The van der Waals surface area contributed by atoms with Crippen LogP contribution in [0, 0.1) is 11.3 Å². The summed E-state index contributed by atoms with van der Waals surface area (Å²) in [5, 5.41) is 26.3. The minimum atomic E-state index is -0.789. The molecule has 0 saturated heterocycles. The van der Waals surface area contributed by atoms with Gasteiger partial charge in [0.15, 0.2) is 11.5 Å². The second kappa shape index (κ2) is 8.35. The minimum Gasteiger partial charge on any atom is -0.392 e. The molecule has 148 valence electrons. The number of aliphatic imine (C=N–C) groups is 1. The fraction of sp³-hybridized carbons (Fsp3) is 0.158. The van der Waals surface area contributed by atoms with E-state index >= 15 is 0 Å². The third-order valence-corrected chi connectivity index (χ3v) is 5.62. The Bertz CT molecular complexity index is 1170. The molecule has 3 aromatic rings. The highest BCUT2D eigenvalue weighted by Gasteiger charge is 2.24. The molecule has 0 saturated carbocycles. The molecule has 10 heteroatoms. The third-order valence-electron chi connectivity index (χ3n) is 4.21. The number of nitrogens with one attached hydrogen (secondary N) is 2. The lowest BCUT2D eigenvalue weighted by Gasteiger charge is -2.27. The Morgan fingerprint density at radius 3 is 2.97 bits per heavy atom. The number of aromatic nitrogens is 2. The molecule has 1 aliphatic rings. The topological polar surface area (TPSA) is 106 Å². The van der Waals surface area contributed by atoms with Crippen molar-refractivity contribution < 1.29 is 5.11 Å². The van der Waals surface area contributed by atoms with Gasteiger partial charge < -0.3 is 15.7 Å². The Labute approximate surface area is 182 Å². The van der Waals surface area contributed by atoms with Crippen molar-refractivity contribution >= 4 is 57.2 Å². The van der Waals surface area contributed by atoms with Crippen molar-refractivity contribution in [2.75, 3.05) is 11.9 Å². The number of aliphatic hydroxyl groups excluding tert-OH is 1. The van der Waals surface area contributed by atoms with Gasteiger partial charge in [0.25, 0.3) is 0 Å². The fourth-order valence-corrected chi connectivity index (χ4v) is 4.19. The maximum atomic E-state index is 9.52. The summed E-state index contributed by atoms with van der Waals surface area (Å²) in [6, 6.07) is 9.17. The Morgan fingerprint density at radius 2 is 2.21 bits per heavy atom. The van der Waals surface area contributed by atoms with Gasteiger partial charge in [-0.2, -0.15) is 5.26 Å². The van der Waals surface area contributed by atoms with Crippen LogP contribution in [0.5, 0.6) is 0 Å². The normalized spacial score (nSPS) is 17.8. The number of halogens is 2. The zero-order valence-electron chi connectivity index (χ0n) is 15.2. The number of benzene rings is 1. The second-order valence-electron chi connectivity index (χ2n) is 6.33. The minimum absolute atomic E-state index is 0. The Balaban J connectivity index is 0.00000240. The van der Waals surface area contributed by atoms with E-state index in [0.29, 0.717) is 32.8 Å². The summed E-state index contributed by atoms with van der Waals surface area (Å²) in [6.07, 6.45) is 5.15. The van der Waals surface area contributed by atoms with Gasteiger partial charge in [0.05, 0.1) is 33.5 Å². The summed E-state index contributed by atoms with van der Waals surface area (Å²) in [5.74, 6) is 1.16. The first-order chi connectivity index (χ1) is 13.5. The molecule has 4 rings (SSSR count). The summed E-state index contributed by atoms with van der Waals surface area (Å²) in [7, 11) is 0. The van der Waals surface area contributed by atoms with Gasteiger partial charge in [-0.25, -0.2) is 15.0 Å². The van der Waals surface area contributed by atoms with Gasteiger partial charge in [-0.05, 0) is 31.2 Å². The maximum Gasteiger partial charge on any atom is 0.151 e. The molecule has 2 aromatic heterocycles. The van der Waals surface area contributed by atoms with Crippen molar-refractivity contribution in [3.63, 3.8) is 0 Å². The largest absolute Gasteiger partial charge is 0.392 e. The summed E-state index contributed by atoms with van der Waals surface area (Å²) in [6.45, 7) is 1.64. The fourth-order valence-electron chi connectivity index (χ4n) is 2.79. The number of pyridine rings is 1. The molecule has 29 heavy (non-hydrogen) atoms. The average molecular weight is 447 g/mol. The molecule has 7 nitrogen and oxygen atoms in total. The quantitative estimate of drug-likeness (QED) is 0.562. The van der Waals surface area contributed by atoms with Crippen LogP contribution in [0.15, 0.2) is 47.7 Å². The van der Waals surface area contributed by atoms with E-state index in [1.165, 1.54) is 11.3 Å². The first kappa shape index (κ1) is 21.0. The maximum absolute atomic E-state index is 9.52. The number of thiazole rings is 1. The monoisotopic (exact) mass is 446 g/mol. The van der Waals surface area contributed by atoms with E-state index in [-0.39, 0.29) is 19.0 Å². The van der Waals surface area contributed by atoms with Crippen LogP contribution >= 0.6 is 35.3 Å². The average Bonchev–Trinajstić information content (AvgIpc) is 3.12. The highest BCUT2D eigenvalue weighted by Crippen LogP contribution is 2.38. The van der Waals surface area contributed by atoms with Gasteiger partial charge in [-0.1, -0.05) is 17.7 Å². The lowest BCUT2D eigenvalue weighted by molar-refractivity contribution is 0.193. The standard InChI is InChI=1S/C19H15ClN6OS.ClH/c1-19(10-27)23-8-6-14(26-19)25-17-16-13(5-7-22-17)24-18(28-16)15-11(9-21)3-2-4-12(15)20;/h2-8,23,27H,10H2,1H3,(H,22,25,26);1H. The van der Waals surface area contributed by atoms with Crippen LogP contribution in [-0.4, -0.2) is 33.2 Å². The zero-order chi connectivity index (χ0) is 19.7. The molecule has 1 aromatic carbocycles. The van der Waals surface area contributed by atoms with Gasteiger partial charge in [0.2, 0.25) is 0 Å². The molecule has 3 heterocycles. The van der Waals surface area contributed by atoms with Gasteiger partial charge in [0.1, 0.15) is 10.8 Å². The SMILES string of the molecule is CC1(CO)N=C(Nc2nccc3nc(-c4c(Cl)cccc4C#N)sc23)C=CN1.Cl. The summed E-state index contributed by atoms with van der Waals surface area (Å²) in [4.78, 5) is 13.5. The number of hydrogen-bond acceptors (Lipinski definition) is 8. The van der Waals surface area contributed by atoms with Crippen molar-refractivity contribution in [3.05, 3.63) is 53.3 Å². The molecule has 0 bridgehead atoms. The van der Waals surface area contributed by atoms with E-state index < -0.39 is 5.66 Å². The molecule has 1 aliphatic heterocycles. The number of nitrogens with zero attached hydrogens (tertiary/aromatic N) is 4. The van der Waals surface area contributed by atoms with Crippen LogP contribution in [0.3, 0.4) is 0 Å². The smallest absolute Gasteiger partial charge is 0.151 e. The van der Waals surface area contributed by atoms with Crippen LogP contribution in [0.2, 0.25) is 5.02 Å². The van der Waals surface area contributed by atoms with Crippen LogP contribution in [0.1, 0.15) is 12.5 Å². The first-order valence-corrected chi connectivity index (χ1v) is 9.59. The van der Waals surface area contributed by atoms with Gasteiger partial charge in [-0.3, -0.25) is 0 Å². The molecule has 1 atom stereocenters. The van der Waals surface area contributed by atoms with E-state index in [0.717, 1.165) is 10.2 Å². The molecular formula is C19H16Cl2N6OS.